The van der Waals surface area contributed by atoms with Gasteiger partial charge in [-0.05, 0) is 50.2 Å². The molecule has 6 heteroatoms. The molecule has 4 heterocycles. The highest BCUT2D eigenvalue weighted by molar-refractivity contribution is 5.89. The van der Waals surface area contributed by atoms with Crippen LogP contribution in [0.1, 0.15) is 18.5 Å². The summed E-state index contributed by atoms with van der Waals surface area (Å²) in [5.74, 6) is 0. The second-order valence-corrected chi connectivity index (χ2v) is 5.82. The first-order chi connectivity index (χ1) is 11.3. The van der Waals surface area contributed by atoms with Crippen molar-refractivity contribution in [1.29, 1.82) is 5.26 Å². The molecule has 0 saturated carbocycles. The van der Waals surface area contributed by atoms with Crippen molar-refractivity contribution in [1.82, 2.24) is 25.5 Å². The predicted molar refractivity (Wildman–Crippen MR) is 86.5 cm³/mol. The summed E-state index contributed by atoms with van der Waals surface area (Å²) >= 11 is 0. The highest BCUT2D eigenvalue weighted by Crippen LogP contribution is 2.33. The van der Waals surface area contributed by atoms with E-state index >= 15 is 0 Å². The van der Waals surface area contributed by atoms with Crippen molar-refractivity contribution in [3.05, 3.63) is 42.2 Å². The summed E-state index contributed by atoms with van der Waals surface area (Å²) in [6, 6.07) is 12.2. The van der Waals surface area contributed by atoms with Crippen molar-refractivity contribution in [2.45, 2.75) is 18.3 Å². The van der Waals surface area contributed by atoms with Crippen LogP contribution in [0.3, 0.4) is 0 Å². The van der Waals surface area contributed by atoms with Gasteiger partial charge < -0.3 is 5.32 Å². The molecule has 2 N–H and O–H groups in total. The fourth-order valence-corrected chi connectivity index (χ4v) is 3.16. The van der Waals surface area contributed by atoms with Crippen LogP contribution in [0.15, 0.2) is 36.5 Å². The van der Waals surface area contributed by atoms with Gasteiger partial charge in [-0.1, -0.05) is 6.07 Å². The number of aromatic amines is 1. The van der Waals surface area contributed by atoms with Crippen molar-refractivity contribution in [3.8, 4) is 17.5 Å². The minimum atomic E-state index is -0.508. The van der Waals surface area contributed by atoms with Crippen molar-refractivity contribution in [2.75, 3.05) is 13.1 Å². The molecule has 1 fully saturated rings. The molecule has 0 bridgehead atoms. The van der Waals surface area contributed by atoms with Crippen molar-refractivity contribution in [2.24, 2.45) is 0 Å². The number of piperidine rings is 1. The van der Waals surface area contributed by atoms with Crippen molar-refractivity contribution in [3.63, 3.8) is 0 Å². The maximum absolute atomic E-state index is 9.74. The number of nitrogens with zero attached hydrogens (tertiary/aromatic N) is 4. The van der Waals surface area contributed by atoms with E-state index in [1.54, 1.807) is 6.20 Å². The Morgan fingerprint density at radius 3 is 2.83 bits per heavy atom. The molecular weight excluding hydrogens is 288 g/mol. The Bertz CT molecular complexity index is 885. The molecule has 114 valence electrons. The third kappa shape index (κ3) is 2.26. The highest BCUT2D eigenvalue weighted by atomic mass is 15.2. The smallest absolute Gasteiger partial charge is 0.155 e. The molecule has 1 saturated heterocycles. The topological polar surface area (TPSA) is 90.3 Å². The van der Waals surface area contributed by atoms with Gasteiger partial charge in [0.15, 0.2) is 5.65 Å². The van der Waals surface area contributed by atoms with E-state index in [-0.39, 0.29) is 0 Å². The zero-order valence-electron chi connectivity index (χ0n) is 12.6. The van der Waals surface area contributed by atoms with Crippen LogP contribution in [-0.4, -0.2) is 33.3 Å². The number of H-pyrrole nitrogens is 1. The van der Waals surface area contributed by atoms with Crippen molar-refractivity contribution >= 4 is 11.0 Å². The molecule has 23 heavy (non-hydrogen) atoms. The van der Waals surface area contributed by atoms with Gasteiger partial charge in [-0.2, -0.15) is 10.4 Å². The van der Waals surface area contributed by atoms with E-state index in [4.69, 9.17) is 4.98 Å². The average molecular weight is 304 g/mol. The number of nitriles is 1. The molecular formula is C17H16N6. The lowest BCUT2D eigenvalue weighted by atomic mass is 9.77. The summed E-state index contributed by atoms with van der Waals surface area (Å²) in [5, 5.41) is 21.3. The van der Waals surface area contributed by atoms with E-state index in [0.717, 1.165) is 54.0 Å². The Labute approximate surface area is 133 Å². The maximum Gasteiger partial charge on any atom is 0.155 e. The summed E-state index contributed by atoms with van der Waals surface area (Å²) in [5.41, 5.74) is 2.61. The molecule has 0 amide bonds. The highest BCUT2D eigenvalue weighted by Gasteiger charge is 2.35. The first-order valence-corrected chi connectivity index (χ1v) is 7.71. The largest absolute Gasteiger partial charge is 0.317 e. The number of hydrogen-bond acceptors (Lipinski definition) is 5. The van der Waals surface area contributed by atoms with Gasteiger partial charge in [-0.3, -0.25) is 5.10 Å². The minimum absolute atomic E-state index is 0.508. The number of hydrogen-bond donors (Lipinski definition) is 2. The third-order valence-corrected chi connectivity index (χ3v) is 4.49. The number of pyridine rings is 2. The molecule has 0 radical (unpaired) electrons. The molecule has 0 aromatic carbocycles. The van der Waals surface area contributed by atoms with Crippen LogP contribution in [0.4, 0.5) is 0 Å². The molecule has 0 atom stereocenters. The molecule has 1 aliphatic rings. The van der Waals surface area contributed by atoms with Crippen LogP contribution >= 0.6 is 0 Å². The van der Waals surface area contributed by atoms with Crippen LogP contribution in [-0.2, 0) is 5.41 Å². The first-order valence-electron chi connectivity index (χ1n) is 7.71. The number of fused-ring (bicyclic) bond motifs is 1. The number of nitrogens with one attached hydrogen (secondary N) is 2. The molecule has 4 rings (SSSR count). The lowest BCUT2D eigenvalue weighted by Crippen LogP contribution is -2.39. The second-order valence-electron chi connectivity index (χ2n) is 5.82. The van der Waals surface area contributed by atoms with Gasteiger partial charge >= 0.3 is 0 Å². The van der Waals surface area contributed by atoms with Crippen molar-refractivity contribution < 1.29 is 0 Å². The minimum Gasteiger partial charge on any atom is -0.317 e. The van der Waals surface area contributed by atoms with Crippen LogP contribution in [0.2, 0.25) is 0 Å². The SMILES string of the molecule is N#CC1(c2cccc(-c3n[nH]c4ncccc34)n2)CCNCC1. The fraction of sp³-hybridized carbons (Fsp3) is 0.294. The van der Waals surface area contributed by atoms with Crippen LogP contribution in [0, 0.1) is 11.3 Å². The molecule has 0 aliphatic carbocycles. The van der Waals surface area contributed by atoms with Crippen LogP contribution in [0.25, 0.3) is 22.4 Å². The summed E-state index contributed by atoms with van der Waals surface area (Å²) in [6.45, 7) is 1.68. The van der Waals surface area contributed by atoms with Gasteiger partial charge in [0, 0.05) is 11.6 Å². The lowest BCUT2D eigenvalue weighted by molar-refractivity contribution is 0.375. The Hall–Kier alpha value is -2.78. The zero-order chi connectivity index (χ0) is 15.7. The molecule has 6 nitrogen and oxygen atoms in total. The van der Waals surface area contributed by atoms with E-state index in [1.165, 1.54) is 0 Å². The summed E-state index contributed by atoms with van der Waals surface area (Å²) in [4.78, 5) is 9.03. The normalized spacial score (nSPS) is 17.0. The summed E-state index contributed by atoms with van der Waals surface area (Å²) < 4.78 is 0. The summed E-state index contributed by atoms with van der Waals surface area (Å²) in [7, 11) is 0. The van der Waals surface area contributed by atoms with Crippen LogP contribution in [0.5, 0.6) is 0 Å². The van der Waals surface area contributed by atoms with E-state index in [0.29, 0.717) is 0 Å². The maximum atomic E-state index is 9.74. The van der Waals surface area contributed by atoms with E-state index in [9.17, 15) is 5.26 Å². The molecule has 0 unspecified atom stereocenters. The van der Waals surface area contributed by atoms with E-state index in [2.05, 4.69) is 26.6 Å². The Morgan fingerprint density at radius 2 is 2.00 bits per heavy atom. The first kappa shape index (κ1) is 13.9. The molecule has 3 aromatic heterocycles. The lowest BCUT2D eigenvalue weighted by Gasteiger charge is -2.30. The van der Waals surface area contributed by atoms with E-state index in [1.807, 2.05) is 30.3 Å². The van der Waals surface area contributed by atoms with Gasteiger partial charge in [-0.25, -0.2) is 9.97 Å². The monoisotopic (exact) mass is 304 g/mol. The number of rotatable bonds is 2. The number of aromatic nitrogens is 4. The zero-order valence-corrected chi connectivity index (χ0v) is 12.6. The molecule has 0 spiro atoms. The van der Waals surface area contributed by atoms with Gasteiger partial charge in [0.05, 0.1) is 17.5 Å². The quantitative estimate of drug-likeness (QED) is 0.757. The third-order valence-electron chi connectivity index (χ3n) is 4.49. The Balaban J connectivity index is 1.81. The molecule has 1 aliphatic heterocycles. The second kappa shape index (κ2) is 5.45. The van der Waals surface area contributed by atoms with Gasteiger partial charge in [0.25, 0.3) is 0 Å². The van der Waals surface area contributed by atoms with Crippen LogP contribution < -0.4 is 5.32 Å². The Kier molecular flexibility index (Phi) is 3.28. The van der Waals surface area contributed by atoms with E-state index < -0.39 is 5.41 Å². The summed E-state index contributed by atoms with van der Waals surface area (Å²) in [6.07, 6.45) is 3.29. The van der Waals surface area contributed by atoms with Gasteiger partial charge in [0.2, 0.25) is 0 Å². The fourth-order valence-electron chi connectivity index (χ4n) is 3.16. The standard InChI is InChI=1S/C17H16N6/c18-11-17(6-9-19-10-7-17)14-5-1-4-13(21-14)15-12-3-2-8-20-16(12)23-22-15/h1-5,8,19H,6-7,9-10H2,(H,20,22,23). The molecule has 3 aromatic rings. The Morgan fingerprint density at radius 1 is 1.13 bits per heavy atom. The van der Waals surface area contributed by atoms with Gasteiger partial charge in [-0.15, -0.1) is 0 Å². The van der Waals surface area contributed by atoms with Gasteiger partial charge in [0.1, 0.15) is 11.1 Å². The predicted octanol–water partition coefficient (Wildman–Crippen LogP) is 2.16. The average Bonchev–Trinajstić information content (AvgIpc) is 3.06.